The van der Waals surface area contributed by atoms with Crippen LogP contribution in [0.4, 0.5) is 5.69 Å². The molecule has 0 fully saturated rings. The molecule has 0 aliphatic carbocycles. The number of nitrogens with two attached hydrogens (primary N) is 2. The summed E-state index contributed by atoms with van der Waals surface area (Å²) >= 11 is 0. The molecule has 0 aliphatic rings. The molecular formula is C13H19N3O. The third kappa shape index (κ3) is 4.18. The Morgan fingerprint density at radius 3 is 2.47 bits per heavy atom. The van der Waals surface area contributed by atoms with E-state index in [0.29, 0.717) is 17.2 Å². The van der Waals surface area contributed by atoms with Crippen molar-refractivity contribution in [1.82, 2.24) is 0 Å². The van der Waals surface area contributed by atoms with Gasteiger partial charge in [-0.15, -0.1) is 0 Å². The molecule has 0 aromatic heterocycles. The van der Waals surface area contributed by atoms with Gasteiger partial charge in [0.2, 0.25) is 0 Å². The molecule has 0 unspecified atom stereocenters. The highest BCUT2D eigenvalue weighted by Crippen LogP contribution is 2.21. The normalized spacial score (nSPS) is 13.8. The van der Waals surface area contributed by atoms with E-state index >= 15 is 0 Å². The predicted molar refractivity (Wildman–Crippen MR) is 71.1 cm³/mol. The Balaban J connectivity index is 2.94. The first-order valence-electron chi connectivity index (χ1n) is 5.40. The van der Waals surface area contributed by atoms with Crippen LogP contribution in [-0.4, -0.2) is 10.9 Å². The van der Waals surface area contributed by atoms with Crippen LogP contribution in [0.5, 0.6) is 5.75 Å². The van der Waals surface area contributed by atoms with Gasteiger partial charge in [-0.05, 0) is 18.2 Å². The summed E-state index contributed by atoms with van der Waals surface area (Å²) in [5, 5.41) is 9.29. The molecule has 0 aliphatic heterocycles. The first-order chi connectivity index (χ1) is 7.79. The van der Waals surface area contributed by atoms with Crippen molar-refractivity contribution < 1.29 is 5.11 Å². The molecule has 0 spiro atoms. The van der Waals surface area contributed by atoms with Gasteiger partial charge in [0.15, 0.2) is 0 Å². The number of phenolic OH excluding ortho intramolecular Hbond substituents is 1. The van der Waals surface area contributed by atoms with E-state index in [9.17, 15) is 5.11 Å². The molecule has 92 valence electrons. The van der Waals surface area contributed by atoms with E-state index in [1.165, 1.54) is 6.07 Å². The molecule has 0 amide bonds. The van der Waals surface area contributed by atoms with Crippen LogP contribution >= 0.6 is 0 Å². The molecule has 0 saturated heterocycles. The lowest BCUT2D eigenvalue weighted by molar-refractivity contribution is 0.475. The van der Waals surface area contributed by atoms with Gasteiger partial charge in [-0.2, -0.15) is 0 Å². The Hall–Kier alpha value is -1.97. The minimum Gasteiger partial charge on any atom is -0.508 e. The summed E-state index contributed by atoms with van der Waals surface area (Å²) in [4.78, 5) is 4.15. The number of rotatable bonds is 2. The Morgan fingerprint density at radius 1 is 1.29 bits per heavy atom. The van der Waals surface area contributed by atoms with E-state index in [4.69, 9.17) is 11.5 Å². The Kier molecular flexibility index (Phi) is 3.78. The van der Waals surface area contributed by atoms with Gasteiger partial charge in [-0.1, -0.05) is 26.8 Å². The fraction of sp³-hybridized carbons (Fsp3) is 0.308. The van der Waals surface area contributed by atoms with Gasteiger partial charge in [0.05, 0.1) is 5.69 Å². The van der Waals surface area contributed by atoms with E-state index in [2.05, 4.69) is 4.99 Å². The van der Waals surface area contributed by atoms with E-state index in [0.717, 1.165) is 0 Å². The molecule has 1 rings (SSSR count). The lowest BCUT2D eigenvalue weighted by Crippen LogP contribution is -2.20. The van der Waals surface area contributed by atoms with Crippen LogP contribution in [0.25, 0.3) is 0 Å². The standard InChI is InChI=1S/C13H19N3O/c1-13(2,3)11(14)8-12(15)16-9-5-4-6-10(17)7-9/h4-8,17H,14H2,1-3H3,(H2,15,16)/b11-8-. The molecule has 17 heavy (non-hydrogen) atoms. The summed E-state index contributed by atoms with van der Waals surface area (Å²) in [6.07, 6.45) is 1.64. The summed E-state index contributed by atoms with van der Waals surface area (Å²) in [5.74, 6) is 0.481. The number of hydrogen-bond acceptors (Lipinski definition) is 3. The van der Waals surface area contributed by atoms with Gasteiger partial charge in [0.25, 0.3) is 0 Å². The highest BCUT2D eigenvalue weighted by atomic mass is 16.3. The zero-order valence-corrected chi connectivity index (χ0v) is 10.4. The molecule has 1 aromatic rings. The van der Waals surface area contributed by atoms with E-state index in [1.807, 2.05) is 20.8 Å². The smallest absolute Gasteiger partial charge is 0.125 e. The van der Waals surface area contributed by atoms with Crippen molar-refractivity contribution in [2.24, 2.45) is 21.9 Å². The second kappa shape index (κ2) is 4.91. The number of aliphatic imine (C=N–C) groups is 1. The summed E-state index contributed by atoms with van der Waals surface area (Å²) in [6.45, 7) is 6.00. The largest absolute Gasteiger partial charge is 0.508 e. The maximum atomic E-state index is 9.29. The molecule has 0 atom stereocenters. The van der Waals surface area contributed by atoms with Gasteiger partial charge >= 0.3 is 0 Å². The maximum absolute atomic E-state index is 9.29. The van der Waals surface area contributed by atoms with Crippen molar-refractivity contribution in [3.63, 3.8) is 0 Å². The summed E-state index contributed by atoms with van der Waals surface area (Å²) < 4.78 is 0. The van der Waals surface area contributed by atoms with Crippen molar-refractivity contribution in [3.05, 3.63) is 36.0 Å². The quantitative estimate of drug-likeness (QED) is 0.541. The summed E-state index contributed by atoms with van der Waals surface area (Å²) in [6, 6.07) is 6.58. The first-order valence-corrected chi connectivity index (χ1v) is 5.40. The second-order valence-corrected chi connectivity index (χ2v) is 4.91. The lowest BCUT2D eigenvalue weighted by Gasteiger charge is -2.18. The van der Waals surface area contributed by atoms with Gasteiger partial charge in [-0.25, -0.2) is 4.99 Å². The van der Waals surface area contributed by atoms with E-state index in [-0.39, 0.29) is 11.2 Å². The van der Waals surface area contributed by atoms with Crippen LogP contribution in [0.2, 0.25) is 0 Å². The topological polar surface area (TPSA) is 84.6 Å². The molecule has 0 heterocycles. The van der Waals surface area contributed by atoms with Gasteiger partial charge < -0.3 is 16.6 Å². The van der Waals surface area contributed by atoms with E-state index < -0.39 is 0 Å². The van der Waals surface area contributed by atoms with Gasteiger partial charge in [0.1, 0.15) is 11.6 Å². The SMILES string of the molecule is CC(C)(C)/C(N)=C/C(N)=Nc1cccc(O)c1. The number of hydrogen-bond donors (Lipinski definition) is 3. The minimum absolute atomic E-state index is 0.140. The van der Waals surface area contributed by atoms with Crippen LogP contribution in [0.3, 0.4) is 0 Å². The highest BCUT2D eigenvalue weighted by Gasteiger charge is 2.13. The van der Waals surface area contributed by atoms with Gasteiger partial charge in [-0.3, -0.25) is 0 Å². The zero-order chi connectivity index (χ0) is 13.1. The molecule has 4 heteroatoms. The summed E-state index contributed by atoms with van der Waals surface area (Å²) in [7, 11) is 0. The molecule has 0 bridgehead atoms. The minimum atomic E-state index is -0.140. The molecule has 0 radical (unpaired) electrons. The number of phenols is 1. The van der Waals surface area contributed by atoms with Crippen LogP contribution < -0.4 is 11.5 Å². The first kappa shape index (κ1) is 13.1. The van der Waals surface area contributed by atoms with Crippen LogP contribution in [-0.2, 0) is 0 Å². The number of benzene rings is 1. The third-order valence-electron chi connectivity index (χ3n) is 2.26. The van der Waals surface area contributed by atoms with Gasteiger partial charge in [0, 0.05) is 17.2 Å². The lowest BCUT2D eigenvalue weighted by atomic mass is 9.92. The third-order valence-corrected chi connectivity index (χ3v) is 2.26. The molecule has 4 nitrogen and oxygen atoms in total. The fourth-order valence-corrected chi connectivity index (χ4v) is 1.12. The van der Waals surface area contributed by atoms with Crippen molar-refractivity contribution in [3.8, 4) is 5.75 Å². The van der Waals surface area contributed by atoms with Crippen molar-refractivity contribution in [2.45, 2.75) is 20.8 Å². The molecule has 5 N–H and O–H groups in total. The number of amidine groups is 1. The zero-order valence-electron chi connectivity index (χ0n) is 10.4. The second-order valence-electron chi connectivity index (χ2n) is 4.91. The van der Waals surface area contributed by atoms with Crippen molar-refractivity contribution >= 4 is 11.5 Å². The average molecular weight is 233 g/mol. The monoisotopic (exact) mass is 233 g/mol. The van der Waals surface area contributed by atoms with Crippen LogP contribution in [0.15, 0.2) is 41.0 Å². The summed E-state index contributed by atoms with van der Waals surface area (Å²) in [5.41, 5.74) is 12.8. The van der Waals surface area contributed by atoms with E-state index in [1.54, 1.807) is 24.3 Å². The number of aromatic hydroxyl groups is 1. The fourth-order valence-electron chi connectivity index (χ4n) is 1.12. The van der Waals surface area contributed by atoms with Crippen LogP contribution in [0.1, 0.15) is 20.8 Å². The van der Waals surface area contributed by atoms with Crippen molar-refractivity contribution in [1.29, 1.82) is 0 Å². The average Bonchev–Trinajstić information content (AvgIpc) is 2.15. The Labute approximate surface area is 102 Å². The molecule has 1 aromatic carbocycles. The Morgan fingerprint density at radius 2 is 1.94 bits per heavy atom. The molecule has 0 saturated carbocycles. The number of allylic oxidation sites excluding steroid dienone is 1. The van der Waals surface area contributed by atoms with Crippen molar-refractivity contribution in [2.75, 3.05) is 0 Å². The molecular weight excluding hydrogens is 214 g/mol. The predicted octanol–water partition coefficient (Wildman–Crippen LogP) is 2.27. The van der Waals surface area contributed by atoms with Crippen LogP contribution in [0, 0.1) is 5.41 Å². The highest BCUT2D eigenvalue weighted by molar-refractivity contribution is 5.94. The number of nitrogens with zero attached hydrogens (tertiary/aromatic N) is 1. The Bertz CT molecular complexity index is 456. The maximum Gasteiger partial charge on any atom is 0.125 e.